The van der Waals surface area contributed by atoms with Crippen molar-refractivity contribution in [3.8, 4) is 11.3 Å². The van der Waals surface area contributed by atoms with Gasteiger partial charge in [-0.3, -0.25) is 0 Å². The number of hydrogen-bond donors (Lipinski definition) is 0. The standard InChI is InChI=1S/C17H11F3N2O2/c1-24-16(23)11-6-5-10-3-2-4-12(13(10)7-11)14-8-15(17(18,19)20)22-9-21-14/h2-9H,1H3. The molecular weight excluding hydrogens is 321 g/mol. The van der Waals surface area contributed by atoms with Crippen molar-refractivity contribution in [1.29, 1.82) is 0 Å². The predicted molar refractivity (Wildman–Crippen MR) is 81.3 cm³/mol. The van der Waals surface area contributed by atoms with Gasteiger partial charge in [0.1, 0.15) is 12.0 Å². The van der Waals surface area contributed by atoms with Crippen molar-refractivity contribution in [2.75, 3.05) is 7.11 Å². The molecule has 2 aromatic carbocycles. The fourth-order valence-corrected chi connectivity index (χ4v) is 2.40. The zero-order valence-corrected chi connectivity index (χ0v) is 12.5. The number of rotatable bonds is 2. The third kappa shape index (κ3) is 2.92. The third-order valence-corrected chi connectivity index (χ3v) is 3.54. The van der Waals surface area contributed by atoms with Gasteiger partial charge < -0.3 is 4.74 Å². The summed E-state index contributed by atoms with van der Waals surface area (Å²) < 4.78 is 43.3. The Hall–Kier alpha value is -2.96. The second-order valence-corrected chi connectivity index (χ2v) is 5.02. The summed E-state index contributed by atoms with van der Waals surface area (Å²) in [5, 5.41) is 1.37. The Bertz CT molecular complexity index is 923. The summed E-state index contributed by atoms with van der Waals surface area (Å²) in [4.78, 5) is 18.9. The molecule has 0 spiro atoms. The van der Waals surface area contributed by atoms with Crippen molar-refractivity contribution in [2.45, 2.75) is 6.18 Å². The highest BCUT2D eigenvalue weighted by Crippen LogP contribution is 2.32. The molecule has 3 rings (SSSR count). The number of nitrogens with zero attached hydrogens (tertiary/aromatic N) is 2. The van der Waals surface area contributed by atoms with Crippen molar-refractivity contribution >= 4 is 16.7 Å². The molecule has 1 aromatic heterocycles. The molecule has 0 N–H and O–H groups in total. The van der Waals surface area contributed by atoms with Gasteiger partial charge in [-0.1, -0.05) is 24.3 Å². The Morgan fingerprint density at radius 1 is 1.08 bits per heavy atom. The lowest BCUT2D eigenvalue weighted by molar-refractivity contribution is -0.141. The second kappa shape index (κ2) is 5.92. The summed E-state index contributed by atoms with van der Waals surface area (Å²) in [6.07, 6.45) is -3.68. The minimum atomic E-state index is -4.56. The van der Waals surface area contributed by atoms with E-state index in [1.165, 1.54) is 7.11 Å². The number of aromatic nitrogens is 2. The number of benzene rings is 2. The van der Waals surface area contributed by atoms with Crippen LogP contribution in [0.4, 0.5) is 13.2 Å². The van der Waals surface area contributed by atoms with E-state index in [0.29, 0.717) is 16.5 Å². The molecule has 3 aromatic rings. The lowest BCUT2D eigenvalue weighted by Crippen LogP contribution is -2.08. The second-order valence-electron chi connectivity index (χ2n) is 5.02. The van der Waals surface area contributed by atoms with Crippen LogP contribution in [-0.4, -0.2) is 23.0 Å². The fraction of sp³-hybridized carbons (Fsp3) is 0.118. The molecule has 0 aliphatic carbocycles. The molecule has 0 atom stereocenters. The number of carbonyl (C=O) groups is 1. The lowest BCUT2D eigenvalue weighted by Gasteiger charge is -2.10. The molecule has 0 saturated carbocycles. The number of hydrogen-bond acceptors (Lipinski definition) is 4. The van der Waals surface area contributed by atoms with E-state index < -0.39 is 17.8 Å². The Morgan fingerprint density at radius 3 is 2.58 bits per heavy atom. The highest BCUT2D eigenvalue weighted by molar-refractivity contribution is 6.01. The van der Waals surface area contributed by atoms with Gasteiger partial charge in [0, 0.05) is 5.56 Å². The Labute approximate surface area is 134 Å². The van der Waals surface area contributed by atoms with Crippen LogP contribution in [0.25, 0.3) is 22.0 Å². The maximum absolute atomic E-state index is 12.9. The Kier molecular flexibility index (Phi) is 3.92. The monoisotopic (exact) mass is 332 g/mol. The smallest absolute Gasteiger partial charge is 0.433 e. The average molecular weight is 332 g/mol. The summed E-state index contributed by atoms with van der Waals surface area (Å²) >= 11 is 0. The molecule has 0 aliphatic rings. The van der Waals surface area contributed by atoms with E-state index in [1.807, 2.05) is 0 Å². The van der Waals surface area contributed by atoms with Crippen LogP contribution in [0.3, 0.4) is 0 Å². The van der Waals surface area contributed by atoms with Crippen LogP contribution in [0.1, 0.15) is 16.1 Å². The maximum atomic E-state index is 12.9. The van der Waals surface area contributed by atoms with Crippen molar-refractivity contribution < 1.29 is 22.7 Å². The highest BCUT2D eigenvalue weighted by Gasteiger charge is 2.33. The van der Waals surface area contributed by atoms with Crippen molar-refractivity contribution in [3.05, 3.63) is 60.0 Å². The number of esters is 1. The number of methoxy groups -OCH3 is 1. The zero-order chi connectivity index (χ0) is 17.3. The van der Waals surface area contributed by atoms with Gasteiger partial charge in [-0.05, 0) is 29.0 Å². The summed E-state index contributed by atoms with van der Waals surface area (Å²) in [5.41, 5.74) is -0.104. The lowest BCUT2D eigenvalue weighted by atomic mass is 9.99. The van der Waals surface area contributed by atoms with Crippen LogP contribution < -0.4 is 0 Å². The molecule has 0 amide bonds. The molecule has 4 nitrogen and oxygen atoms in total. The number of ether oxygens (including phenoxy) is 1. The molecular formula is C17H11F3N2O2. The molecule has 24 heavy (non-hydrogen) atoms. The maximum Gasteiger partial charge on any atom is 0.433 e. The fourth-order valence-electron chi connectivity index (χ4n) is 2.40. The van der Waals surface area contributed by atoms with E-state index in [4.69, 9.17) is 0 Å². The van der Waals surface area contributed by atoms with Crippen LogP contribution in [0, 0.1) is 0 Å². The van der Waals surface area contributed by atoms with Gasteiger partial charge in [-0.15, -0.1) is 0 Å². The summed E-state index contributed by atoms with van der Waals surface area (Å²) in [5.74, 6) is -0.523. The summed E-state index contributed by atoms with van der Waals surface area (Å²) in [7, 11) is 1.26. The molecule has 7 heteroatoms. The van der Waals surface area contributed by atoms with Gasteiger partial charge in [0.2, 0.25) is 0 Å². The van der Waals surface area contributed by atoms with Crippen molar-refractivity contribution in [3.63, 3.8) is 0 Å². The van der Waals surface area contributed by atoms with E-state index in [9.17, 15) is 18.0 Å². The molecule has 122 valence electrons. The number of alkyl halides is 3. The van der Waals surface area contributed by atoms with E-state index in [1.54, 1.807) is 36.4 Å². The van der Waals surface area contributed by atoms with Crippen LogP contribution in [0.5, 0.6) is 0 Å². The van der Waals surface area contributed by atoms with Gasteiger partial charge in [-0.25, -0.2) is 14.8 Å². The average Bonchev–Trinajstić information content (AvgIpc) is 2.59. The SMILES string of the molecule is COC(=O)c1ccc2cccc(-c3cc(C(F)(F)F)ncn3)c2c1. The van der Waals surface area contributed by atoms with E-state index in [2.05, 4.69) is 14.7 Å². The first-order chi connectivity index (χ1) is 11.4. The van der Waals surface area contributed by atoms with Gasteiger partial charge >= 0.3 is 12.1 Å². The minimum absolute atomic E-state index is 0.130. The molecule has 0 fully saturated rings. The first-order valence-corrected chi connectivity index (χ1v) is 6.91. The van der Waals surface area contributed by atoms with E-state index in [-0.39, 0.29) is 5.69 Å². The van der Waals surface area contributed by atoms with Gasteiger partial charge in [0.25, 0.3) is 0 Å². The first-order valence-electron chi connectivity index (χ1n) is 6.91. The van der Waals surface area contributed by atoms with Crippen LogP contribution in [0.2, 0.25) is 0 Å². The molecule has 0 aliphatic heterocycles. The van der Waals surface area contributed by atoms with E-state index >= 15 is 0 Å². The molecule has 0 saturated heterocycles. The molecule has 1 heterocycles. The Balaban J connectivity index is 2.21. The summed E-state index contributed by atoms with van der Waals surface area (Å²) in [6, 6.07) is 10.9. The predicted octanol–water partition coefficient (Wildman–Crippen LogP) is 4.10. The van der Waals surface area contributed by atoms with Crippen LogP contribution in [-0.2, 0) is 10.9 Å². The third-order valence-electron chi connectivity index (χ3n) is 3.54. The largest absolute Gasteiger partial charge is 0.465 e. The Morgan fingerprint density at radius 2 is 1.88 bits per heavy atom. The van der Waals surface area contributed by atoms with Crippen molar-refractivity contribution in [1.82, 2.24) is 9.97 Å². The number of carbonyl (C=O) groups excluding carboxylic acids is 1. The molecule has 0 radical (unpaired) electrons. The summed E-state index contributed by atoms with van der Waals surface area (Å²) in [6.45, 7) is 0. The highest BCUT2D eigenvalue weighted by atomic mass is 19.4. The number of fused-ring (bicyclic) bond motifs is 1. The van der Waals surface area contributed by atoms with E-state index in [0.717, 1.165) is 17.8 Å². The quantitative estimate of drug-likeness (QED) is 0.663. The minimum Gasteiger partial charge on any atom is -0.465 e. The van der Waals surface area contributed by atoms with Crippen LogP contribution >= 0.6 is 0 Å². The zero-order valence-electron chi connectivity index (χ0n) is 12.5. The normalized spacial score (nSPS) is 11.5. The molecule has 0 unspecified atom stereocenters. The topological polar surface area (TPSA) is 52.1 Å². The van der Waals surface area contributed by atoms with Crippen LogP contribution in [0.15, 0.2) is 48.8 Å². The molecule has 0 bridgehead atoms. The van der Waals surface area contributed by atoms with Gasteiger partial charge in [0.15, 0.2) is 0 Å². The van der Waals surface area contributed by atoms with Gasteiger partial charge in [0.05, 0.1) is 18.4 Å². The first kappa shape index (κ1) is 15.9. The van der Waals surface area contributed by atoms with Gasteiger partial charge in [-0.2, -0.15) is 13.2 Å². The number of halogens is 3. The van der Waals surface area contributed by atoms with Crippen molar-refractivity contribution in [2.24, 2.45) is 0 Å².